The summed E-state index contributed by atoms with van der Waals surface area (Å²) in [7, 11) is 0. The van der Waals surface area contributed by atoms with Crippen LogP contribution in [0.25, 0.3) is 6.08 Å². The Hall–Kier alpha value is -3.24. The maximum Gasteiger partial charge on any atom is 0.416 e. The third-order valence-corrected chi connectivity index (χ3v) is 4.76. The molecule has 0 spiro atoms. The number of nitrogens with two attached hydrogens (primary N) is 1. The van der Waals surface area contributed by atoms with Gasteiger partial charge < -0.3 is 15.5 Å². The summed E-state index contributed by atoms with van der Waals surface area (Å²) >= 11 is 0. The highest BCUT2D eigenvalue weighted by atomic mass is 19.4. The molecule has 1 aliphatic heterocycles. The van der Waals surface area contributed by atoms with Gasteiger partial charge in [0.15, 0.2) is 0 Å². The van der Waals surface area contributed by atoms with Crippen molar-refractivity contribution in [3.63, 3.8) is 0 Å². The average molecular weight is 444 g/mol. The molecule has 2 N–H and O–H groups in total. The van der Waals surface area contributed by atoms with Crippen molar-refractivity contribution < 1.29 is 31.1 Å². The SMILES string of the molecule is Nc1ccc(N2CCN(C(=O)/C=C/c3cc(C(F)(F)F)cc(C(F)(F)F)c3)CC2)cn1. The van der Waals surface area contributed by atoms with Crippen molar-refractivity contribution >= 4 is 23.5 Å². The first-order valence-corrected chi connectivity index (χ1v) is 9.16. The van der Waals surface area contributed by atoms with Crippen molar-refractivity contribution in [3.8, 4) is 0 Å². The Morgan fingerprint density at radius 1 is 0.935 bits per heavy atom. The number of halogens is 6. The van der Waals surface area contributed by atoms with Crippen LogP contribution in [-0.2, 0) is 17.1 Å². The molecule has 1 fully saturated rings. The minimum Gasteiger partial charge on any atom is -0.384 e. The van der Waals surface area contributed by atoms with Crippen molar-refractivity contribution in [2.24, 2.45) is 0 Å². The van der Waals surface area contributed by atoms with E-state index >= 15 is 0 Å². The number of carbonyl (C=O) groups excluding carboxylic acids is 1. The monoisotopic (exact) mass is 444 g/mol. The van der Waals surface area contributed by atoms with Crippen LogP contribution >= 0.6 is 0 Å². The number of nitrogens with zero attached hydrogens (tertiary/aromatic N) is 3. The molecule has 1 aromatic carbocycles. The van der Waals surface area contributed by atoms with Gasteiger partial charge in [-0.3, -0.25) is 4.79 Å². The van der Waals surface area contributed by atoms with Crippen LogP contribution in [0, 0.1) is 0 Å². The zero-order chi connectivity index (χ0) is 22.8. The van der Waals surface area contributed by atoms with Gasteiger partial charge in [0.1, 0.15) is 5.82 Å². The van der Waals surface area contributed by atoms with Gasteiger partial charge in [-0.2, -0.15) is 26.3 Å². The molecule has 166 valence electrons. The molecule has 0 unspecified atom stereocenters. The van der Waals surface area contributed by atoms with E-state index in [-0.39, 0.29) is 11.6 Å². The standard InChI is InChI=1S/C20H18F6N4O/c21-19(22,23)14-9-13(10-15(11-14)20(24,25)26)1-4-18(31)30-7-5-29(6-8-30)16-2-3-17(27)28-12-16/h1-4,9-12H,5-8H2,(H2,27,28)/b4-1+. The van der Waals surface area contributed by atoms with E-state index in [1.807, 2.05) is 4.90 Å². The first-order valence-electron chi connectivity index (χ1n) is 9.16. The van der Waals surface area contributed by atoms with E-state index in [1.165, 1.54) is 4.90 Å². The number of amides is 1. The number of benzene rings is 1. The second-order valence-electron chi connectivity index (χ2n) is 6.93. The van der Waals surface area contributed by atoms with Crippen LogP contribution in [-0.4, -0.2) is 42.0 Å². The van der Waals surface area contributed by atoms with Crippen molar-refractivity contribution in [2.75, 3.05) is 36.8 Å². The third-order valence-electron chi connectivity index (χ3n) is 4.76. The molecule has 1 aromatic heterocycles. The summed E-state index contributed by atoms with van der Waals surface area (Å²) in [6.07, 6.45) is -6.33. The molecule has 11 heteroatoms. The molecule has 0 atom stereocenters. The molecule has 0 bridgehead atoms. The summed E-state index contributed by atoms with van der Waals surface area (Å²) in [5.41, 5.74) is 3.16. The van der Waals surface area contributed by atoms with Crippen LogP contribution < -0.4 is 10.6 Å². The summed E-state index contributed by atoms with van der Waals surface area (Å²) < 4.78 is 77.7. The largest absolute Gasteiger partial charge is 0.416 e. The van der Waals surface area contributed by atoms with E-state index in [0.29, 0.717) is 44.1 Å². The predicted molar refractivity (Wildman–Crippen MR) is 103 cm³/mol. The van der Waals surface area contributed by atoms with Crippen molar-refractivity contribution in [2.45, 2.75) is 12.4 Å². The molecule has 1 aliphatic rings. The van der Waals surface area contributed by atoms with E-state index in [4.69, 9.17) is 5.73 Å². The lowest BCUT2D eigenvalue weighted by molar-refractivity contribution is -0.143. The van der Waals surface area contributed by atoms with Crippen LogP contribution in [0.4, 0.5) is 37.8 Å². The number of pyridine rings is 1. The summed E-state index contributed by atoms with van der Waals surface area (Å²) in [6.45, 7) is 1.66. The maximum atomic E-state index is 12.9. The molecule has 2 aromatic rings. The Morgan fingerprint density at radius 3 is 2.00 bits per heavy atom. The van der Waals surface area contributed by atoms with E-state index in [0.717, 1.165) is 17.8 Å². The van der Waals surface area contributed by atoms with Crippen LogP contribution in [0.15, 0.2) is 42.6 Å². The summed E-state index contributed by atoms with van der Waals surface area (Å²) in [4.78, 5) is 19.8. The van der Waals surface area contributed by atoms with Crippen molar-refractivity contribution in [1.82, 2.24) is 9.88 Å². The van der Waals surface area contributed by atoms with Crippen LogP contribution in [0.2, 0.25) is 0 Å². The Labute approximate surface area is 173 Å². The first kappa shape index (κ1) is 22.4. The number of alkyl halides is 6. The number of piperazine rings is 1. The molecule has 3 rings (SSSR count). The van der Waals surface area contributed by atoms with Crippen molar-refractivity contribution in [3.05, 3.63) is 59.3 Å². The molecular formula is C20H18F6N4O. The van der Waals surface area contributed by atoms with E-state index in [2.05, 4.69) is 4.98 Å². The molecule has 0 saturated carbocycles. The fourth-order valence-electron chi connectivity index (χ4n) is 3.12. The summed E-state index contributed by atoms with van der Waals surface area (Å²) in [5, 5.41) is 0. The fraction of sp³-hybridized carbons (Fsp3) is 0.300. The maximum absolute atomic E-state index is 12.9. The predicted octanol–water partition coefficient (Wildman–Crippen LogP) is 4.06. The van der Waals surface area contributed by atoms with Gasteiger partial charge in [0.2, 0.25) is 5.91 Å². The Balaban J connectivity index is 1.69. The molecule has 0 radical (unpaired) electrons. The van der Waals surface area contributed by atoms with Gasteiger partial charge in [-0.25, -0.2) is 4.98 Å². The molecular weight excluding hydrogens is 426 g/mol. The lowest BCUT2D eigenvalue weighted by Gasteiger charge is -2.35. The van der Waals surface area contributed by atoms with Crippen LogP contribution in [0.5, 0.6) is 0 Å². The number of anilines is 2. The van der Waals surface area contributed by atoms with Gasteiger partial charge in [-0.1, -0.05) is 0 Å². The molecule has 0 aliphatic carbocycles. The highest BCUT2D eigenvalue weighted by Gasteiger charge is 2.36. The number of hydrogen-bond donors (Lipinski definition) is 1. The number of nitrogen functional groups attached to an aromatic ring is 1. The normalized spacial score (nSPS) is 15.5. The van der Waals surface area contributed by atoms with Crippen LogP contribution in [0.1, 0.15) is 16.7 Å². The first-order chi connectivity index (χ1) is 14.4. The number of aromatic nitrogens is 1. The molecule has 1 saturated heterocycles. The number of rotatable bonds is 3. The summed E-state index contributed by atoms with van der Waals surface area (Å²) in [5.74, 6) is -0.118. The fourth-order valence-corrected chi connectivity index (χ4v) is 3.12. The van der Waals surface area contributed by atoms with Gasteiger partial charge in [0, 0.05) is 32.3 Å². The second kappa shape index (κ2) is 8.48. The van der Waals surface area contributed by atoms with Gasteiger partial charge >= 0.3 is 12.4 Å². The quantitative estimate of drug-likeness (QED) is 0.573. The molecule has 1 amide bonds. The molecule has 5 nitrogen and oxygen atoms in total. The Morgan fingerprint density at radius 2 is 1.52 bits per heavy atom. The second-order valence-corrected chi connectivity index (χ2v) is 6.93. The highest BCUT2D eigenvalue weighted by molar-refractivity contribution is 5.92. The summed E-state index contributed by atoms with van der Waals surface area (Å²) in [6, 6.07) is 4.64. The zero-order valence-corrected chi connectivity index (χ0v) is 16.0. The number of hydrogen-bond acceptors (Lipinski definition) is 4. The molecule has 31 heavy (non-hydrogen) atoms. The van der Waals surface area contributed by atoms with Crippen LogP contribution in [0.3, 0.4) is 0 Å². The Kier molecular flexibility index (Phi) is 6.14. The lowest BCUT2D eigenvalue weighted by Crippen LogP contribution is -2.48. The third kappa shape index (κ3) is 5.68. The molecule has 2 heterocycles. The van der Waals surface area contributed by atoms with Gasteiger partial charge in [-0.15, -0.1) is 0 Å². The van der Waals surface area contributed by atoms with Gasteiger partial charge in [0.05, 0.1) is 23.0 Å². The lowest BCUT2D eigenvalue weighted by atomic mass is 10.0. The van der Waals surface area contributed by atoms with Crippen molar-refractivity contribution in [1.29, 1.82) is 0 Å². The zero-order valence-electron chi connectivity index (χ0n) is 16.0. The van der Waals surface area contributed by atoms with E-state index < -0.39 is 29.4 Å². The number of carbonyl (C=O) groups is 1. The van der Waals surface area contributed by atoms with Gasteiger partial charge in [0.25, 0.3) is 0 Å². The highest BCUT2D eigenvalue weighted by Crippen LogP contribution is 2.36. The smallest absolute Gasteiger partial charge is 0.384 e. The van der Waals surface area contributed by atoms with Gasteiger partial charge in [-0.05, 0) is 42.0 Å². The minimum atomic E-state index is -4.94. The minimum absolute atomic E-state index is 0.0461. The van der Waals surface area contributed by atoms with E-state index in [9.17, 15) is 31.1 Å². The Bertz CT molecular complexity index is 929. The topological polar surface area (TPSA) is 62.5 Å². The van der Waals surface area contributed by atoms with E-state index in [1.54, 1.807) is 18.3 Å². The average Bonchev–Trinajstić information content (AvgIpc) is 2.71.